The number of thiophene rings is 1. The smallest absolute Gasteiger partial charge is 0.277 e. The van der Waals surface area contributed by atoms with Gasteiger partial charge >= 0.3 is 0 Å². The molecule has 0 radical (unpaired) electrons. The first-order valence-electron chi connectivity index (χ1n) is 6.01. The third-order valence-electron chi connectivity index (χ3n) is 2.45. The minimum Gasteiger partial charge on any atom is -0.483 e. The fraction of sp³-hybridized carbons (Fsp3) is 0.143. The molecule has 0 fully saturated rings. The van der Waals surface area contributed by atoms with Crippen LogP contribution in [-0.4, -0.2) is 18.7 Å². The molecule has 0 saturated heterocycles. The van der Waals surface area contributed by atoms with Crippen molar-refractivity contribution in [3.05, 3.63) is 49.0 Å². The van der Waals surface area contributed by atoms with Crippen LogP contribution in [-0.2, 0) is 4.79 Å². The Bertz CT molecular complexity index is 651. The number of nitrogens with zero attached hydrogens (tertiary/aromatic N) is 1. The van der Waals surface area contributed by atoms with Crippen LogP contribution in [0.25, 0.3) is 0 Å². The molecule has 21 heavy (non-hydrogen) atoms. The van der Waals surface area contributed by atoms with E-state index in [2.05, 4.69) is 42.4 Å². The van der Waals surface area contributed by atoms with E-state index in [1.807, 2.05) is 31.2 Å². The normalized spacial score (nSPS) is 10.8. The predicted octanol–water partition coefficient (Wildman–Crippen LogP) is 4.11. The summed E-state index contributed by atoms with van der Waals surface area (Å²) in [6.45, 7) is 1.92. The number of hydrogen-bond acceptors (Lipinski definition) is 4. The monoisotopic (exact) mass is 430 g/mol. The fourth-order valence-corrected chi connectivity index (χ4v) is 3.28. The van der Waals surface area contributed by atoms with Gasteiger partial charge in [0.1, 0.15) is 5.75 Å². The van der Waals surface area contributed by atoms with Crippen LogP contribution in [0.4, 0.5) is 0 Å². The van der Waals surface area contributed by atoms with Gasteiger partial charge in [0.05, 0.1) is 10.7 Å². The highest BCUT2D eigenvalue weighted by Crippen LogP contribution is 2.25. The number of amides is 1. The molecule has 1 aromatic carbocycles. The molecule has 0 spiro atoms. The first-order chi connectivity index (χ1) is 10.1. The van der Waals surface area contributed by atoms with Crippen molar-refractivity contribution in [3.8, 4) is 5.75 Å². The van der Waals surface area contributed by atoms with Crippen LogP contribution < -0.4 is 10.2 Å². The molecule has 1 aromatic heterocycles. The molecule has 0 saturated carbocycles. The van der Waals surface area contributed by atoms with Crippen molar-refractivity contribution in [1.29, 1.82) is 0 Å². The van der Waals surface area contributed by atoms with Crippen LogP contribution in [0.15, 0.2) is 44.4 Å². The Morgan fingerprint density at radius 1 is 1.38 bits per heavy atom. The van der Waals surface area contributed by atoms with Crippen LogP contribution >= 0.6 is 43.2 Å². The largest absolute Gasteiger partial charge is 0.483 e. The Labute approximate surface area is 143 Å². The van der Waals surface area contributed by atoms with Crippen molar-refractivity contribution in [3.63, 3.8) is 0 Å². The van der Waals surface area contributed by atoms with E-state index >= 15 is 0 Å². The molecule has 2 rings (SSSR count). The maximum atomic E-state index is 11.6. The van der Waals surface area contributed by atoms with E-state index in [0.717, 1.165) is 13.8 Å². The van der Waals surface area contributed by atoms with Crippen molar-refractivity contribution < 1.29 is 9.53 Å². The third-order valence-corrected chi connectivity index (χ3v) is 5.18. The van der Waals surface area contributed by atoms with Crippen LogP contribution in [0.1, 0.15) is 9.75 Å². The van der Waals surface area contributed by atoms with Gasteiger partial charge in [-0.3, -0.25) is 4.79 Å². The van der Waals surface area contributed by atoms with Gasteiger partial charge in [0.15, 0.2) is 6.61 Å². The number of halogens is 2. The zero-order valence-corrected chi connectivity index (χ0v) is 15.1. The van der Waals surface area contributed by atoms with Crippen molar-refractivity contribution >= 4 is 55.3 Å². The molecule has 2 aromatic rings. The number of ether oxygens (including phenoxy) is 1. The molecular weight excluding hydrogens is 420 g/mol. The summed E-state index contributed by atoms with van der Waals surface area (Å²) in [5.41, 5.74) is 2.43. The molecule has 4 nitrogen and oxygen atoms in total. The maximum Gasteiger partial charge on any atom is 0.277 e. The summed E-state index contributed by atoms with van der Waals surface area (Å²) in [7, 11) is 0. The minimum atomic E-state index is -0.311. The minimum absolute atomic E-state index is 0.0902. The molecule has 1 heterocycles. The van der Waals surface area contributed by atoms with E-state index in [1.54, 1.807) is 23.6 Å². The van der Waals surface area contributed by atoms with E-state index in [0.29, 0.717) is 5.75 Å². The van der Waals surface area contributed by atoms with Gasteiger partial charge < -0.3 is 4.74 Å². The zero-order valence-electron chi connectivity index (χ0n) is 11.1. The van der Waals surface area contributed by atoms with Crippen LogP contribution in [0.2, 0.25) is 0 Å². The number of aryl methyl sites for hydroxylation is 1. The number of carbonyl (C=O) groups excluding carboxylic acids is 1. The number of carbonyl (C=O) groups is 1. The number of para-hydroxylation sites is 1. The summed E-state index contributed by atoms with van der Waals surface area (Å²) in [5, 5.41) is 3.90. The van der Waals surface area contributed by atoms with E-state index in [1.165, 1.54) is 4.88 Å². The van der Waals surface area contributed by atoms with Gasteiger partial charge in [-0.05, 0) is 57.0 Å². The van der Waals surface area contributed by atoms with Crippen molar-refractivity contribution in [2.24, 2.45) is 5.10 Å². The van der Waals surface area contributed by atoms with E-state index in [-0.39, 0.29) is 12.5 Å². The summed E-state index contributed by atoms with van der Waals surface area (Å²) in [6, 6.07) is 9.30. The summed E-state index contributed by atoms with van der Waals surface area (Å²) < 4.78 is 7.23. The quantitative estimate of drug-likeness (QED) is 0.572. The average Bonchev–Trinajstić information content (AvgIpc) is 2.77. The predicted molar refractivity (Wildman–Crippen MR) is 92.1 cm³/mol. The van der Waals surface area contributed by atoms with Gasteiger partial charge in [0, 0.05) is 14.2 Å². The van der Waals surface area contributed by atoms with E-state index < -0.39 is 0 Å². The highest BCUT2D eigenvalue weighted by atomic mass is 79.9. The standard InChI is InChI=1S/C14H12Br2N2O2S/c1-9-12(16)6-10(21-9)7-17-18-14(19)8-20-13-5-3-2-4-11(13)15/h2-7H,8H2,1H3,(H,18,19)/b17-7-. The van der Waals surface area contributed by atoms with Gasteiger partial charge in [-0.25, -0.2) is 5.43 Å². The molecule has 0 unspecified atom stereocenters. The molecule has 0 bridgehead atoms. The Hall–Kier alpha value is -1.18. The molecule has 7 heteroatoms. The second-order valence-corrected chi connectivity index (χ2v) is 7.06. The Morgan fingerprint density at radius 3 is 2.81 bits per heavy atom. The van der Waals surface area contributed by atoms with Crippen LogP contribution in [0, 0.1) is 6.92 Å². The lowest BCUT2D eigenvalue weighted by molar-refractivity contribution is -0.123. The fourth-order valence-electron chi connectivity index (χ4n) is 1.45. The Kier molecular flexibility index (Phi) is 5.96. The van der Waals surface area contributed by atoms with Gasteiger partial charge in [0.25, 0.3) is 5.91 Å². The van der Waals surface area contributed by atoms with Crippen LogP contribution in [0.5, 0.6) is 5.75 Å². The molecular formula is C14H12Br2N2O2S. The summed E-state index contributed by atoms with van der Waals surface area (Å²) in [6.07, 6.45) is 1.61. The van der Waals surface area contributed by atoms with Crippen molar-refractivity contribution in [1.82, 2.24) is 5.43 Å². The SMILES string of the molecule is Cc1sc(/C=N\NC(=O)COc2ccccc2Br)cc1Br. The number of nitrogens with one attached hydrogen (secondary N) is 1. The lowest BCUT2D eigenvalue weighted by atomic mass is 10.3. The van der Waals surface area contributed by atoms with E-state index in [9.17, 15) is 4.79 Å². The number of benzene rings is 1. The molecule has 0 aliphatic rings. The third kappa shape index (κ3) is 4.94. The van der Waals surface area contributed by atoms with Crippen LogP contribution in [0.3, 0.4) is 0 Å². The molecule has 0 atom stereocenters. The van der Waals surface area contributed by atoms with Gasteiger partial charge in [0.2, 0.25) is 0 Å². The number of rotatable bonds is 5. The first-order valence-corrected chi connectivity index (χ1v) is 8.41. The van der Waals surface area contributed by atoms with Gasteiger partial charge in [-0.15, -0.1) is 11.3 Å². The Morgan fingerprint density at radius 2 is 2.14 bits per heavy atom. The molecule has 0 aliphatic carbocycles. The van der Waals surface area contributed by atoms with Gasteiger partial charge in [-0.2, -0.15) is 5.10 Å². The lowest BCUT2D eigenvalue weighted by Gasteiger charge is -2.06. The molecule has 110 valence electrons. The average molecular weight is 432 g/mol. The van der Waals surface area contributed by atoms with Gasteiger partial charge in [-0.1, -0.05) is 12.1 Å². The molecule has 0 aliphatic heterocycles. The lowest BCUT2D eigenvalue weighted by Crippen LogP contribution is -2.24. The maximum absolute atomic E-state index is 11.6. The van der Waals surface area contributed by atoms with E-state index in [4.69, 9.17) is 4.74 Å². The second-order valence-electron chi connectivity index (χ2n) is 4.07. The highest BCUT2D eigenvalue weighted by Gasteiger charge is 2.04. The summed E-state index contributed by atoms with van der Waals surface area (Å²) >= 11 is 8.37. The van der Waals surface area contributed by atoms with Crippen molar-refractivity contribution in [2.45, 2.75) is 6.92 Å². The highest BCUT2D eigenvalue weighted by molar-refractivity contribution is 9.10. The number of hydrazone groups is 1. The molecule has 1 amide bonds. The first kappa shape index (κ1) is 16.2. The molecule has 1 N–H and O–H groups in total. The number of hydrogen-bond donors (Lipinski definition) is 1. The summed E-state index contributed by atoms with van der Waals surface area (Å²) in [5.74, 6) is 0.309. The topological polar surface area (TPSA) is 50.7 Å². The zero-order chi connectivity index (χ0) is 15.2. The second kappa shape index (κ2) is 7.72. The summed E-state index contributed by atoms with van der Waals surface area (Å²) in [4.78, 5) is 13.7. The van der Waals surface area contributed by atoms with Crippen molar-refractivity contribution in [2.75, 3.05) is 6.61 Å². The Balaban J connectivity index is 1.81.